The Hall–Kier alpha value is -3.52. The minimum Gasteiger partial charge on any atom is -0.340 e. The highest BCUT2D eigenvalue weighted by molar-refractivity contribution is 7.52. The van der Waals surface area contributed by atoms with Crippen molar-refractivity contribution in [1.29, 1.82) is 0 Å². The molecule has 1 aliphatic carbocycles. The zero-order valence-electron chi connectivity index (χ0n) is 26.2. The molecule has 3 N–H and O–H groups in total. The number of hydrogen-bond donors (Lipinski definition) is 3. The number of likely N-dealkylation sites (tertiary alicyclic amines) is 1. The number of hydrogen-bond acceptors (Lipinski definition) is 4. The van der Waals surface area contributed by atoms with Crippen molar-refractivity contribution in [3.05, 3.63) is 83.4 Å². The molecule has 7 rings (SSSR count). The monoisotopic (exact) mass is 643 g/mol. The van der Waals surface area contributed by atoms with E-state index in [4.69, 9.17) is 0 Å². The highest BCUT2D eigenvalue weighted by atomic mass is 31.2. The standard InChI is InChI=1S/C36H42N3O6P/c1-23(46(43,44)45)26-13-11-25-12-14-27(20-28(25)19-26)33(40)37-31-10-6-5-9-30-15-16-32(39(30)34(31)41)35(42)38-22-29(21-36(38)17-18-36)24-7-3-2-4-8-24/h2-4,7-8,11-14,19-20,23,29-32H,5-6,9-10,15-18,21-22H2,1H3,(H,37,40)(H2,43,44,45)/t23?,29-,30+,31+,32+/m1/s1. The Labute approximate surface area is 269 Å². The van der Waals surface area contributed by atoms with Gasteiger partial charge in [-0.1, -0.05) is 67.4 Å². The second kappa shape index (κ2) is 11.9. The van der Waals surface area contributed by atoms with Crippen molar-refractivity contribution < 1.29 is 28.7 Å². The van der Waals surface area contributed by atoms with Crippen LogP contribution in [0.5, 0.6) is 0 Å². The van der Waals surface area contributed by atoms with E-state index in [2.05, 4.69) is 34.5 Å². The van der Waals surface area contributed by atoms with Gasteiger partial charge in [0.2, 0.25) is 11.8 Å². The minimum atomic E-state index is -4.32. The van der Waals surface area contributed by atoms with Crippen molar-refractivity contribution in [2.45, 2.75) is 100.0 Å². The lowest BCUT2D eigenvalue weighted by molar-refractivity contribution is -0.148. The van der Waals surface area contributed by atoms with Gasteiger partial charge in [0.25, 0.3) is 5.91 Å². The van der Waals surface area contributed by atoms with Crippen molar-refractivity contribution in [1.82, 2.24) is 15.1 Å². The lowest BCUT2D eigenvalue weighted by Crippen LogP contribution is -2.57. The van der Waals surface area contributed by atoms with Crippen LogP contribution in [0.15, 0.2) is 66.7 Å². The van der Waals surface area contributed by atoms with Gasteiger partial charge in [0.15, 0.2) is 0 Å². The normalized spacial score (nSPS) is 26.5. The van der Waals surface area contributed by atoms with Crippen LogP contribution >= 0.6 is 7.60 Å². The summed E-state index contributed by atoms with van der Waals surface area (Å²) >= 11 is 0. The van der Waals surface area contributed by atoms with Gasteiger partial charge in [-0.05, 0) is 85.9 Å². The Bertz CT molecular complexity index is 1720. The molecule has 5 atom stereocenters. The first-order valence-electron chi connectivity index (χ1n) is 16.6. The summed E-state index contributed by atoms with van der Waals surface area (Å²) < 4.78 is 11.8. The molecule has 3 heterocycles. The molecule has 4 fully saturated rings. The summed E-state index contributed by atoms with van der Waals surface area (Å²) in [6.07, 6.45) is 7.56. The molecule has 1 saturated carbocycles. The quantitative estimate of drug-likeness (QED) is 0.298. The third kappa shape index (κ3) is 5.78. The molecular formula is C36H42N3O6P. The summed E-state index contributed by atoms with van der Waals surface area (Å²) in [5, 5.41) is 4.53. The summed E-state index contributed by atoms with van der Waals surface area (Å²) in [5.74, 6) is -0.184. The van der Waals surface area contributed by atoms with Gasteiger partial charge in [0.1, 0.15) is 12.1 Å². The molecule has 46 heavy (non-hydrogen) atoms. The maximum atomic E-state index is 14.3. The van der Waals surface area contributed by atoms with Gasteiger partial charge in [-0.25, -0.2) is 0 Å². The van der Waals surface area contributed by atoms with E-state index >= 15 is 0 Å². The third-order valence-electron chi connectivity index (χ3n) is 11.0. The van der Waals surface area contributed by atoms with Crippen LogP contribution in [0, 0.1) is 0 Å². The SMILES string of the molecule is CC(c1ccc2ccc(C(=O)N[C@H]3CCCC[C@H]4CC[C@@H](C(=O)N5C[C@H](c6ccccc6)CC56CC6)N4C3=O)cc2c1)P(=O)(O)O. The topological polar surface area (TPSA) is 127 Å². The molecule has 10 heteroatoms. The summed E-state index contributed by atoms with van der Waals surface area (Å²) in [5.41, 5.74) is 1.07. The average Bonchev–Trinajstić information content (AvgIpc) is 3.54. The van der Waals surface area contributed by atoms with Crippen molar-refractivity contribution >= 4 is 36.1 Å². The van der Waals surface area contributed by atoms with Gasteiger partial charge in [-0.3, -0.25) is 18.9 Å². The van der Waals surface area contributed by atoms with Crippen molar-refractivity contribution in [2.75, 3.05) is 6.54 Å². The number of fused-ring (bicyclic) bond motifs is 2. The van der Waals surface area contributed by atoms with Crippen LogP contribution in [-0.4, -0.2) is 67.5 Å². The zero-order valence-corrected chi connectivity index (χ0v) is 27.1. The molecule has 0 aromatic heterocycles. The number of amides is 3. The molecular weight excluding hydrogens is 601 g/mol. The molecule has 1 unspecified atom stereocenters. The van der Waals surface area contributed by atoms with E-state index in [1.165, 1.54) is 12.5 Å². The predicted molar refractivity (Wildman–Crippen MR) is 175 cm³/mol. The highest BCUT2D eigenvalue weighted by Gasteiger charge is 2.58. The number of carbonyl (C=O) groups excluding carboxylic acids is 3. The number of benzene rings is 3. The largest absolute Gasteiger partial charge is 0.340 e. The van der Waals surface area contributed by atoms with Crippen LogP contribution in [-0.2, 0) is 14.2 Å². The Balaban J connectivity index is 1.09. The third-order valence-corrected chi connectivity index (χ3v) is 12.3. The molecule has 3 amide bonds. The fourth-order valence-corrected chi connectivity index (χ4v) is 8.68. The van der Waals surface area contributed by atoms with E-state index in [0.29, 0.717) is 41.8 Å². The predicted octanol–water partition coefficient (Wildman–Crippen LogP) is 5.66. The molecule has 0 bridgehead atoms. The van der Waals surface area contributed by atoms with Crippen molar-refractivity contribution in [3.8, 4) is 0 Å². The van der Waals surface area contributed by atoms with Crippen LogP contribution in [0.3, 0.4) is 0 Å². The number of carbonyl (C=O) groups is 3. The van der Waals surface area contributed by atoms with Crippen molar-refractivity contribution in [2.24, 2.45) is 0 Å². The maximum Gasteiger partial charge on any atom is 0.332 e. The Morgan fingerprint density at radius 2 is 1.67 bits per heavy atom. The van der Waals surface area contributed by atoms with Gasteiger partial charge in [0, 0.05) is 29.6 Å². The van der Waals surface area contributed by atoms with Gasteiger partial charge in [0.05, 0.1) is 5.66 Å². The van der Waals surface area contributed by atoms with E-state index in [0.717, 1.165) is 50.3 Å². The first kappa shape index (κ1) is 31.1. The van der Waals surface area contributed by atoms with Gasteiger partial charge < -0.3 is 24.9 Å². The fourth-order valence-electron chi connectivity index (χ4n) is 8.13. The number of rotatable bonds is 6. The van der Waals surface area contributed by atoms with Crippen LogP contribution in [0.2, 0.25) is 0 Å². The van der Waals surface area contributed by atoms with Crippen LogP contribution in [0.25, 0.3) is 10.8 Å². The smallest absolute Gasteiger partial charge is 0.332 e. The second-order valence-corrected chi connectivity index (χ2v) is 15.8. The molecule has 3 aromatic rings. The zero-order chi connectivity index (χ0) is 32.2. The summed E-state index contributed by atoms with van der Waals surface area (Å²) in [7, 11) is -4.32. The molecule has 1 spiro atoms. The molecule has 0 radical (unpaired) electrons. The average molecular weight is 644 g/mol. The van der Waals surface area contributed by atoms with Crippen LogP contribution in [0.4, 0.5) is 0 Å². The molecule has 3 aromatic carbocycles. The van der Waals surface area contributed by atoms with Gasteiger partial charge in [-0.2, -0.15) is 0 Å². The van der Waals surface area contributed by atoms with E-state index in [1.54, 1.807) is 36.4 Å². The van der Waals surface area contributed by atoms with E-state index in [1.807, 2.05) is 11.0 Å². The minimum absolute atomic E-state index is 0.000989. The fraction of sp³-hybridized carbons (Fsp3) is 0.472. The summed E-state index contributed by atoms with van der Waals surface area (Å²) in [6, 6.07) is 19.6. The van der Waals surface area contributed by atoms with Gasteiger partial charge in [-0.15, -0.1) is 0 Å². The molecule has 3 aliphatic heterocycles. The Kier molecular flexibility index (Phi) is 8.07. The molecule has 9 nitrogen and oxygen atoms in total. The number of nitrogens with zero attached hydrogens (tertiary/aromatic N) is 2. The van der Waals surface area contributed by atoms with Crippen LogP contribution < -0.4 is 5.32 Å². The number of nitrogens with one attached hydrogen (secondary N) is 1. The maximum absolute atomic E-state index is 14.3. The Morgan fingerprint density at radius 1 is 0.935 bits per heavy atom. The summed E-state index contributed by atoms with van der Waals surface area (Å²) in [6.45, 7) is 2.17. The molecule has 3 saturated heterocycles. The lowest BCUT2D eigenvalue weighted by Gasteiger charge is -2.37. The molecule has 242 valence electrons. The second-order valence-electron chi connectivity index (χ2n) is 13.9. The van der Waals surface area contributed by atoms with Crippen molar-refractivity contribution in [3.63, 3.8) is 0 Å². The van der Waals surface area contributed by atoms with Gasteiger partial charge >= 0.3 is 7.60 Å². The Morgan fingerprint density at radius 3 is 2.41 bits per heavy atom. The van der Waals surface area contributed by atoms with E-state index in [9.17, 15) is 28.7 Å². The highest BCUT2D eigenvalue weighted by Crippen LogP contribution is 2.55. The van der Waals surface area contributed by atoms with Crippen LogP contribution in [0.1, 0.15) is 97.8 Å². The van der Waals surface area contributed by atoms with E-state index in [-0.39, 0.29) is 29.3 Å². The lowest BCUT2D eigenvalue weighted by atomic mass is 9.96. The molecule has 4 aliphatic rings. The summed E-state index contributed by atoms with van der Waals surface area (Å²) in [4.78, 5) is 65.3. The first-order chi connectivity index (χ1) is 22.0. The first-order valence-corrected chi connectivity index (χ1v) is 18.3. The van der Waals surface area contributed by atoms with E-state index < -0.39 is 25.3 Å².